The van der Waals surface area contributed by atoms with Crippen molar-refractivity contribution in [3.63, 3.8) is 0 Å². The fourth-order valence-corrected chi connectivity index (χ4v) is 5.70. The standard InChI is InChI=1S/C46H68O15/c47-45(48)16-17-49-18-19-50-20-21-51-22-23-52-24-25-53-26-27-54-28-29-55-30-31-56-32-33-57-34-35-58-36-37-59-38-39-60-40-41-61-46(42-10-4-1-5-11-42,43-12-6-2-7-13-43)44-14-8-3-9-15-44/h1-15H,16-41H2,(H,47,48). The van der Waals surface area contributed by atoms with Crippen LogP contribution < -0.4 is 0 Å². The van der Waals surface area contributed by atoms with Crippen LogP contribution in [0.4, 0.5) is 0 Å². The zero-order valence-electron chi connectivity index (χ0n) is 35.7. The lowest BCUT2D eigenvalue weighted by atomic mass is 9.80. The first-order valence-electron chi connectivity index (χ1n) is 21.2. The summed E-state index contributed by atoms with van der Waals surface area (Å²) in [4.78, 5) is 10.4. The molecule has 0 saturated carbocycles. The number of aliphatic carboxylic acids is 1. The molecule has 3 aromatic rings. The van der Waals surface area contributed by atoms with Crippen molar-refractivity contribution in [2.75, 3.05) is 165 Å². The zero-order valence-corrected chi connectivity index (χ0v) is 35.7. The van der Waals surface area contributed by atoms with E-state index in [1.54, 1.807) is 0 Å². The van der Waals surface area contributed by atoms with E-state index in [1.807, 2.05) is 54.6 Å². The lowest BCUT2D eigenvalue weighted by Crippen LogP contribution is -2.34. The van der Waals surface area contributed by atoms with Crippen molar-refractivity contribution in [1.82, 2.24) is 0 Å². The molecule has 3 aromatic carbocycles. The Morgan fingerprint density at radius 3 is 0.721 bits per heavy atom. The molecular weight excluding hydrogens is 792 g/mol. The Hall–Kier alpha value is -3.39. The van der Waals surface area contributed by atoms with Crippen molar-refractivity contribution in [1.29, 1.82) is 0 Å². The maximum absolute atomic E-state index is 10.4. The molecule has 3 rings (SSSR count). The highest BCUT2D eigenvalue weighted by Crippen LogP contribution is 2.40. The summed E-state index contributed by atoms with van der Waals surface area (Å²) in [6, 6.07) is 30.9. The van der Waals surface area contributed by atoms with Gasteiger partial charge < -0.3 is 66.7 Å². The van der Waals surface area contributed by atoms with E-state index in [4.69, 9.17) is 66.7 Å². The van der Waals surface area contributed by atoms with Crippen LogP contribution in [0.2, 0.25) is 0 Å². The Balaban J connectivity index is 1.00. The number of hydrogen-bond donors (Lipinski definition) is 1. The fraction of sp³-hybridized carbons (Fsp3) is 0.587. The molecule has 0 bridgehead atoms. The Morgan fingerprint density at radius 2 is 0.508 bits per heavy atom. The molecule has 61 heavy (non-hydrogen) atoms. The van der Waals surface area contributed by atoms with Crippen molar-refractivity contribution >= 4 is 5.97 Å². The Kier molecular flexibility index (Phi) is 31.7. The lowest BCUT2D eigenvalue weighted by molar-refractivity contribution is -0.138. The number of rotatable bonds is 43. The minimum atomic E-state index is -0.876. The quantitative estimate of drug-likeness (QED) is 0.0618. The summed E-state index contributed by atoms with van der Waals surface area (Å²) in [5.41, 5.74) is 2.43. The van der Waals surface area contributed by atoms with Gasteiger partial charge in [0.15, 0.2) is 0 Å². The molecule has 0 fully saturated rings. The molecule has 0 atom stereocenters. The van der Waals surface area contributed by atoms with Crippen LogP contribution in [0, 0.1) is 0 Å². The van der Waals surface area contributed by atoms with E-state index in [0.717, 1.165) is 16.7 Å². The molecule has 0 amide bonds. The molecule has 0 spiro atoms. The number of carbonyl (C=O) groups is 1. The largest absolute Gasteiger partial charge is 0.481 e. The summed E-state index contributed by atoms with van der Waals surface area (Å²) in [5, 5.41) is 8.52. The van der Waals surface area contributed by atoms with Crippen molar-refractivity contribution in [3.8, 4) is 0 Å². The van der Waals surface area contributed by atoms with E-state index >= 15 is 0 Å². The van der Waals surface area contributed by atoms with Gasteiger partial charge in [-0.2, -0.15) is 0 Å². The summed E-state index contributed by atoms with van der Waals surface area (Å²) in [5.74, 6) is -0.876. The Labute approximate surface area is 361 Å². The zero-order chi connectivity index (χ0) is 43.0. The average Bonchev–Trinajstić information content (AvgIpc) is 3.29. The lowest BCUT2D eigenvalue weighted by Gasteiger charge is -2.36. The summed E-state index contributed by atoms with van der Waals surface area (Å²) in [7, 11) is 0. The van der Waals surface area contributed by atoms with Crippen LogP contribution in [-0.2, 0) is 72.0 Å². The predicted octanol–water partition coefficient (Wildman–Crippen LogP) is 4.67. The average molecular weight is 861 g/mol. The molecule has 15 heteroatoms. The maximum atomic E-state index is 10.4. The molecule has 15 nitrogen and oxygen atoms in total. The van der Waals surface area contributed by atoms with Crippen LogP contribution in [-0.4, -0.2) is 176 Å². The van der Waals surface area contributed by atoms with Crippen LogP contribution in [0.3, 0.4) is 0 Å². The smallest absolute Gasteiger partial charge is 0.305 e. The molecular formula is C46H68O15. The molecule has 0 saturated heterocycles. The molecule has 0 heterocycles. The molecule has 1 N–H and O–H groups in total. The van der Waals surface area contributed by atoms with Crippen molar-refractivity contribution < 1.29 is 71.5 Å². The van der Waals surface area contributed by atoms with Crippen molar-refractivity contribution in [3.05, 3.63) is 108 Å². The van der Waals surface area contributed by atoms with Gasteiger partial charge in [0.25, 0.3) is 0 Å². The summed E-state index contributed by atoms with van der Waals surface area (Å²) >= 11 is 0. The van der Waals surface area contributed by atoms with E-state index in [1.165, 1.54) is 0 Å². The van der Waals surface area contributed by atoms with E-state index < -0.39 is 11.6 Å². The molecule has 0 unspecified atom stereocenters. The SMILES string of the molecule is O=C(O)CCOCCOCCOCCOCCOCCOCCOCCOCCOCCOCCOCCOCCOC(c1ccccc1)(c1ccccc1)c1ccccc1. The maximum Gasteiger partial charge on any atom is 0.305 e. The summed E-state index contributed by atoms with van der Waals surface area (Å²) < 4.78 is 72.7. The second-order valence-electron chi connectivity index (χ2n) is 13.1. The summed E-state index contributed by atoms with van der Waals surface area (Å²) in [6.45, 7) is 11.3. The predicted molar refractivity (Wildman–Crippen MR) is 227 cm³/mol. The molecule has 0 aromatic heterocycles. The minimum absolute atomic E-state index is 0.00610. The first-order chi connectivity index (χ1) is 30.2. The van der Waals surface area contributed by atoms with Crippen LogP contribution in [0.25, 0.3) is 0 Å². The third-order valence-corrected chi connectivity index (χ3v) is 8.64. The highest BCUT2D eigenvalue weighted by atomic mass is 16.6. The van der Waals surface area contributed by atoms with E-state index in [0.29, 0.717) is 159 Å². The highest BCUT2D eigenvalue weighted by Gasteiger charge is 2.37. The molecule has 0 aliphatic heterocycles. The van der Waals surface area contributed by atoms with Crippen LogP contribution in [0.5, 0.6) is 0 Å². The van der Waals surface area contributed by atoms with Crippen molar-refractivity contribution in [2.45, 2.75) is 12.0 Å². The number of hydrogen-bond acceptors (Lipinski definition) is 14. The van der Waals surface area contributed by atoms with Gasteiger partial charge in [-0.3, -0.25) is 4.79 Å². The van der Waals surface area contributed by atoms with E-state index in [9.17, 15) is 4.79 Å². The van der Waals surface area contributed by atoms with Gasteiger partial charge in [-0.1, -0.05) is 91.0 Å². The fourth-order valence-electron chi connectivity index (χ4n) is 5.70. The topological polar surface area (TPSA) is 157 Å². The van der Waals surface area contributed by atoms with Gasteiger partial charge in [0.1, 0.15) is 5.60 Å². The van der Waals surface area contributed by atoms with Gasteiger partial charge in [-0.05, 0) is 16.7 Å². The number of carboxylic acid groups (broad SMARTS) is 1. The van der Waals surface area contributed by atoms with Crippen LogP contribution in [0.15, 0.2) is 91.0 Å². The normalized spacial score (nSPS) is 11.7. The minimum Gasteiger partial charge on any atom is -0.481 e. The summed E-state index contributed by atoms with van der Waals surface area (Å²) in [6.07, 6.45) is -0.00610. The van der Waals surface area contributed by atoms with Gasteiger partial charge in [-0.25, -0.2) is 0 Å². The van der Waals surface area contributed by atoms with E-state index in [-0.39, 0.29) is 13.0 Å². The van der Waals surface area contributed by atoms with Gasteiger partial charge in [0.2, 0.25) is 0 Å². The third kappa shape index (κ3) is 25.3. The monoisotopic (exact) mass is 860 g/mol. The molecule has 342 valence electrons. The second-order valence-corrected chi connectivity index (χ2v) is 13.1. The number of carboxylic acids is 1. The molecule has 0 radical (unpaired) electrons. The van der Waals surface area contributed by atoms with Gasteiger partial charge >= 0.3 is 5.97 Å². The molecule has 0 aliphatic rings. The van der Waals surface area contributed by atoms with Crippen LogP contribution >= 0.6 is 0 Å². The first kappa shape index (κ1) is 52.0. The third-order valence-electron chi connectivity index (χ3n) is 8.64. The van der Waals surface area contributed by atoms with Gasteiger partial charge in [0.05, 0.1) is 172 Å². The number of benzene rings is 3. The Morgan fingerprint density at radius 1 is 0.311 bits per heavy atom. The molecule has 0 aliphatic carbocycles. The van der Waals surface area contributed by atoms with Crippen molar-refractivity contribution in [2.24, 2.45) is 0 Å². The van der Waals surface area contributed by atoms with Gasteiger partial charge in [-0.15, -0.1) is 0 Å². The second kappa shape index (κ2) is 37.2. The highest BCUT2D eigenvalue weighted by molar-refractivity contribution is 5.66. The Bertz CT molecular complexity index is 1310. The van der Waals surface area contributed by atoms with Crippen LogP contribution in [0.1, 0.15) is 23.1 Å². The first-order valence-corrected chi connectivity index (χ1v) is 21.2. The number of ether oxygens (including phenoxy) is 13. The van der Waals surface area contributed by atoms with Gasteiger partial charge in [0, 0.05) is 0 Å². The van der Waals surface area contributed by atoms with E-state index in [2.05, 4.69) is 36.4 Å².